The summed E-state index contributed by atoms with van der Waals surface area (Å²) in [5.41, 5.74) is 3.32. The predicted octanol–water partition coefficient (Wildman–Crippen LogP) is 4.31. The van der Waals surface area contributed by atoms with Gasteiger partial charge in [-0.3, -0.25) is 9.69 Å². The number of anilines is 1. The van der Waals surface area contributed by atoms with Gasteiger partial charge in [0.1, 0.15) is 0 Å². The minimum atomic E-state index is -3.53. The lowest BCUT2D eigenvalue weighted by atomic mass is 10.1. The summed E-state index contributed by atoms with van der Waals surface area (Å²) in [6.07, 6.45) is 0.745. The molecule has 3 aromatic rings. The number of hydrogen-bond donors (Lipinski definition) is 0. The van der Waals surface area contributed by atoms with Crippen LogP contribution in [0.25, 0.3) is 10.2 Å². The van der Waals surface area contributed by atoms with Crippen molar-refractivity contribution in [2.75, 3.05) is 37.8 Å². The first-order chi connectivity index (χ1) is 14.7. The van der Waals surface area contributed by atoms with Crippen molar-refractivity contribution in [3.05, 3.63) is 53.1 Å². The molecule has 0 aliphatic carbocycles. The van der Waals surface area contributed by atoms with Gasteiger partial charge in [0.05, 0.1) is 26.4 Å². The number of benzene rings is 2. The topological polar surface area (TPSA) is 70.6 Å². The minimum Gasteiger partial charge on any atom is -0.309 e. The van der Waals surface area contributed by atoms with Gasteiger partial charge in [-0.15, -0.1) is 0 Å². The molecule has 0 N–H and O–H groups in total. The molecule has 0 saturated heterocycles. The summed E-state index contributed by atoms with van der Waals surface area (Å²) < 4.78 is 26.3. The number of rotatable bonds is 8. The molecular weight excluding hydrogens is 430 g/mol. The Balaban J connectivity index is 2.09. The molecular formula is C23H29N3O3S2. The molecule has 1 aromatic heterocycles. The van der Waals surface area contributed by atoms with Gasteiger partial charge in [0.25, 0.3) is 5.91 Å². The molecule has 0 bridgehead atoms. The quantitative estimate of drug-likeness (QED) is 0.502. The molecule has 0 unspecified atom stereocenters. The number of aromatic nitrogens is 1. The van der Waals surface area contributed by atoms with Crippen LogP contribution < -0.4 is 4.90 Å². The maximum atomic E-state index is 13.6. The fourth-order valence-corrected chi connectivity index (χ4v) is 5.51. The van der Waals surface area contributed by atoms with Crippen LogP contribution in [-0.2, 0) is 9.84 Å². The Morgan fingerprint density at radius 2 is 1.77 bits per heavy atom. The van der Waals surface area contributed by atoms with Crippen molar-refractivity contribution in [2.45, 2.75) is 32.1 Å². The summed E-state index contributed by atoms with van der Waals surface area (Å²) >= 11 is 1.46. The maximum Gasteiger partial charge on any atom is 0.261 e. The average molecular weight is 460 g/mol. The van der Waals surface area contributed by atoms with Crippen molar-refractivity contribution in [1.29, 1.82) is 0 Å². The Kier molecular flexibility index (Phi) is 7.13. The zero-order chi connectivity index (χ0) is 22.8. The number of amides is 1. The second-order valence-corrected chi connectivity index (χ2v) is 11.1. The fraction of sp³-hybridized carbons (Fsp3) is 0.391. The molecule has 0 spiro atoms. The van der Waals surface area contributed by atoms with Crippen molar-refractivity contribution < 1.29 is 13.2 Å². The lowest BCUT2D eigenvalue weighted by Crippen LogP contribution is -2.34. The third kappa shape index (κ3) is 4.97. The zero-order valence-electron chi connectivity index (χ0n) is 18.7. The van der Waals surface area contributed by atoms with E-state index in [2.05, 4.69) is 11.0 Å². The van der Waals surface area contributed by atoms with Crippen LogP contribution in [0.3, 0.4) is 0 Å². The van der Waals surface area contributed by atoms with E-state index in [1.54, 1.807) is 30.0 Å². The summed E-state index contributed by atoms with van der Waals surface area (Å²) in [5.74, 6) is -0.392. The van der Waals surface area contributed by atoms with Crippen molar-refractivity contribution >= 4 is 42.4 Å². The van der Waals surface area contributed by atoms with Crippen molar-refractivity contribution in [1.82, 2.24) is 9.88 Å². The summed E-state index contributed by atoms with van der Waals surface area (Å²) in [4.78, 5) is 22.2. The largest absolute Gasteiger partial charge is 0.309 e. The van der Waals surface area contributed by atoms with E-state index < -0.39 is 9.84 Å². The van der Waals surface area contributed by atoms with Gasteiger partial charge in [-0.2, -0.15) is 0 Å². The highest BCUT2D eigenvalue weighted by Gasteiger charge is 2.27. The van der Waals surface area contributed by atoms with Gasteiger partial charge < -0.3 is 4.90 Å². The first-order valence-corrected chi connectivity index (χ1v) is 12.8. The van der Waals surface area contributed by atoms with E-state index in [0.717, 1.165) is 34.3 Å². The summed E-state index contributed by atoms with van der Waals surface area (Å²) in [6.45, 7) is 6.92. The first kappa shape index (κ1) is 23.4. The van der Waals surface area contributed by atoms with Crippen LogP contribution in [0.1, 0.15) is 34.8 Å². The van der Waals surface area contributed by atoms with Gasteiger partial charge in [-0.05, 0) is 70.2 Å². The van der Waals surface area contributed by atoms with Gasteiger partial charge >= 0.3 is 0 Å². The molecule has 0 atom stereocenters. The Bertz CT molecular complexity index is 1200. The number of sulfone groups is 1. The van der Waals surface area contributed by atoms with Gasteiger partial charge in [0.15, 0.2) is 15.0 Å². The normalized spacial score (nSPS) is 11.9. The van der Waals surface area contributed by atoms with Crippen LogP contribution in [0.2, 0.25) is 0 Å². The molecule has 3 rings (SSSR count). The van der Waals surface area contributed by atoms with Gasteiger partial charge in [0.2, 0.25) is 0 Å². The van der Waals surface area contributed by atoms with E-state index in [0.29, 0.717) is 11.7 Å². The summed E-state index contributed by atoms with van der Waals surface area (Å²) in [6, 6.07) is 10.5. The van der Waals surface area contributed by atoms with Crippen LogP contribution in [-0.4, -0.2) is 57.1 Å². The highest BCUT2D eigenvalue weighted by molar-refractivity contribution is 7.91. The third-order valence-electron chi connectivity index (χ3n) is 5.37. The van der Waals surface area contributed by atoms with Crippen LogP contribution in [0, 0.1) is 13.8 Å². The van der Waals surface area contributed by atoms with Crippen LogP contribution in [0.5, 0.6) is 0 Å². The van der Waals surface area contributed by atoms with Gasteiger partial charge in [0, 0.05) is 6.54 Å². The maximum absolute atomic E-state index is 13.6. The number of hydrogen-bond acceptors (Lipinski definition) is 6. The second kappa shape index (κ2) is 9.46. The number of carbonyl (C=O) groups is 1. The van der Waals surface area contributed by atoms with Crippen molar-refractivity contribution in [3.8, 4) is 0 Å². The lowest BCUT2D eigenvalue weighted by molar-refractivity contribution is 0.0983. The van der Waals surface area contributed by atoms with Crippen LogP contribution >= 0.6 is 11.3 Å². The van der Waals surface area contributed by atoms with Crippen LogP contribution in [0.15, 0.2) is 41.3 Å². The number of aryl methyl sites for hydroxylation is 2. The van der Waals surface area contributed by atoms with E-state index >= 15 is 0 Å². The Morgan fingerprint density at radius 1 is 1.06 bits per heavy atom. The number of fused-ring (bicyclic) bond motifs is 1. The zero-order valence-corrected chi connectivity index (χ0v) is 20.3. The number of carbonyl (C=O) groups excluding carboxylic acids is 1. The highest BCUT2D eigenvalue weighted by atomic mass is 32.2. The van der Waals surface area contributed by atoms with E-state index in [-0.39, 0.29) is 22.1 Å². The molecule has 0 saturated carbocycles. The van der Waals surface area contributed by atoms with Crippen molar-refractivity contribution in [3.63, 3.8) is 0 Å². The molecule has 0 aliphatic heterocycles. The molecule has 6 nitrogen and oxygen atoms in total. The standard InChI is InChI=1S/C23H29N3O3S2/c1-6-31(28,29)20-11-8-7-10-18(20)22(27)26(15-9-14-25(4)5)23-24-21-17(3)16(2)12-13-19(21)30-23/h7-8,10-13H,6,9,14-15H2,1-5H3. The van der Waals surface area contributed by atoms with E-state index in [1.807, 2.05) is 34.0 Å². The third-order valence-corrected chi connectivity index (χ3v) is 8.20. The van der Waals surface area contributed by atoms with Crippen molar-refractivity contribution in [2.24, 2.45) is 0 Å². The number of nitrogens with zero attached hydrogens (tertiary/aromatic N) is 3. The Morgan fingerprint density at radius 3 is 2.45 bits per heavy atom. The molecule has 1 amide bonds. The highest BCUT2D eigenvalue weighted by Crippen LogP contribution is 2.33. The van der Waals surface area contributed by atoms with E-state index in [9.17, 15) is 13.2 Å². The second-order valence-electron chi connectivity index (χ2n) is 7.86. The monoisotopic (exact) mass is 459 g/mol. The predicted molar refractivity (Wildman–Crippen MR) is 128 cm³/mol. The molecule has 1 heterocycles. The van der Waals surface area contributed by atoms with Gasteiger partial charge in [-0.25, -0.2) is 13.4 Å². The first-order valence-electron chi connectivity index (χ1n) is 10.3. The molecule has 8 heteroatoms. The molecule has 0 radical (unpaired) electrons. The van der Waals surface area contributed by atoms with Crippen LogP contribution in [0.4, 0.5) is 5.13 Å². The molecule has 0 aliphatic rings. The minimum absolute atomic E-state index is 0.0580. The Hall–Kier alpha value is -2.29. The number of thiazole rings is 1. The summed E-state index contributed by atoms with van der Waals surface area (Å²) in [7, 11) is 0.437. The summed E-state index contributed by atoms with van der Waals surface area (Å²) in [5, 5.41) is 0.594. The fourth-order valence-electron chi connectivity index (χ4n) is 3.37. The Labute approximate surface area is 188 Å². The molecule has 31 heavy (non-hydrogen) atoms. The average Bonchev–Trinajstić information content (AvgIpc) is 3.18. The van der Waals surface area contributed by atoms with E-state index in [4.69, 9.17) is 4.98 Å². The molecule has 2 aromatic carbocycles. The smallest absolute Gasteiger partial charge is 0.261 e. The SMILES string of the molecule is CCS(=O)(=O)c1ccccc1C(=O)N(CCCN(C)C)c1nc2c(C)c(C)ccc2s1. The lowest BCUT2D eigenvalue weighted by Gasteiger charge is -2.22. The molecule has 166 valence electrons. The molecule has 0 fully saturated rings. The van der Waals surface area contributed by atoms with Gasteiger partial charge in [-0.1, -0.05) is 36.5 Å². The van der Waals surface area contributed by atoms with E-state index in [1.165, 1.54) is 17.4 Å².